The smallest absolute Gasteiger partial charge is 0.203 e. The molecule has 0 aliphatic carbocycles. The molecule has 2 rings (SSSR count). The van der Waals surface area contributed by atoms with Crippen LogP contribution < -0.4 is 14.2 Å². The number of rotatable bonds is 7. The zero-order valence-corrected chi connectivity index (χ0v) is 16.1. The Kier molecular flexibility index (Phi) is 6.34. The van der Waals surface area contributed by atoms with Crippen molar-refractivity contribution in [1.82, 2.24) is 0 Å². The topological polar surface area (TPSA) is 85.2 Å². The van der Waals surface area contributed by atoms with Gasteiger partial charge in [-0.25, -0.2) is 0 Å². The van der Waals surface area contributed by atoms with Gasteiger partial charge in [0, 0.05) is 6.07 Å². The standard InChI is InChI=1S/C21H24O6/c1-12(2)14-10-15(18(24)11-17(14)23)16(22)7-6-13-8-19(25-3)21(27-5)20(9-13)26-4/h6-12,23-24H,1-5H3/b7-6+. The highest BCUT2D eigenvalue weighted by Gasteiger charge is 2.16. The summed E-state index contributed by atoms with van der Waals surface area (Å²) in [6.07, 6.45) is 2.94. The first-order chi connectivity index (χ1) is 12.8. The molecule has 2 aromatic rings. The second-order valence-corrected chi connectivity index (χ2v) is 6.24. The van der Waals surface area contributed by atoms with Crippen LogP contribution >= 0.6 is 0 Å². The van der Waals surface area contributed by atoms with Crippen molar-refractivity contribution in [3.05, 3.63) is 47.0 Å². The van der Waals surface area contributed by atoms with Gasteiger partial charge in [0.2, 0.25) is 5.75 Å². The van der Waals surface area contributed by atoms with Crippen molar-refractivity contribution in [2.75, 3.05) is 21.3 Å². The predicted molar refractivity (Wildman–Crippen MR) is 103 cm³/mol. The molecule has 0 radical (unpaired) electrons. The van der Waals surface area contributed by atoms with Gasteiger partial charge < -0.3 is 24.4 Å². The summed E-state index contributed by atoms with van der Waals surface area (Å²) in [5, 5.41) is 19.9. The monoisotopic (exact) mass is 372 g/mol. The Balaban J connectivity index is 2.39. The molecule has 6 heteroatoms. The van der Waals surface area contributed by atoms with Gasteiger partial charge in [0.25, 0.3) is 0 Å². The van der Waals surface area contributed by atoms with Gasteiger partial charge in [-0.3, -0.25) is 4.79 Å². The Labute approximate surface area is 158 Å². The number of ether oxygens (including phenoxy) is 3. The lowest BCUT2D eigenvalue weighted by atomic mass is 9.97. The highest BCUT2D eigenvalue weighted by Crippen LogP contribution is 2.38. The fraction of sp³-hybridized carbons (Fsp3) is 0.286. The summed E-state index contributed by atoms with van der Waals surface area (Å²) in [4.78, 5) is 12.5. The Hall–Kier alpha value is -3.15. The third-order valence-corrected chi connectivity index (χ3v) is 4.15. The third-order valence-electron chi connectivity index (χ3n) is 4.15. The second kappa shape index (κ2) is 8.49. The predicted octanol–water partition coefficient (Wildman–Crippen LogP) is 4.14. The van der Waals surface area contributed by atoms with E-state index in [1.165, 1.54) is 39.5 Å². The number of ketones is 1. The number of phenols is 2. The van der Waals surface area contributed by atoms with Crippen molar-refractivity contribution in [2.45, 2.75) is 19.8 Å². The number of phenolic OH excluding ortho intramolecular Hbond substituents is 2. The minimum atomic E-state index is -0.386. The van der Waals surface area contributed by atoms with E-state index in [1.54, 1.807) is 18.2 Å². The van der Waals surface area contributed by atoms with Crippen LogP contribution in [0.2, 0.25) is 0 Å². The van der Waals surface area contributed by atoms with E-state index >= 15 is 0 Å². The average molecular weight is 372 g/mol. The molecule has 0 saturated heterocycles. The number of hydrogen-bond acceptors (Lipinski definition) is 6. The summed E-state index contributed by atoms with van der Waals surface area (Å²) in [6, 6.07) is 6.12. The number of hydrogen-bond donors (Lipinski definition) is 2. The van der Waals surface area contributed by atoms with Crippen LogP contribution in [0.4, 0.5) is 0 Å². The van der Waals surface area contributed by atoms with Gasteiger partial charge in [0.1, 0.15) is 11.5 Å². The molecule has 2 aromatic carbocycles. The normalized spacial score (nSPS) is 11.0. The summed E-state index contributed by atoms with van der Waals surface area (Å²) in [5.41, 5.74) is 1.39. The molecule has 0 aromatic heterocycles. The van der Waals surface area contributed by atoms with Crippen molar-refractivity contribution in [1.29, 1.82) is 0 Å². The average Bonchev–Trinajstić information content (AvgIpc) is 2.64. The fourth-order valence-electron chi connectivity index (χ4n) is 2.71. The molecule has 144 valence electrons. The molecule has 0 atom stereocenters. The lowest BCUT2D eigenvalue weighted by Crippen LogP contribution is -1.99. The lowest BCUT2D eigenvalue weighted by molar-refractivity contribution is 0.104. The zero-order valence-electron chi connectivity index (χ0n) is 16.1. The third kappa shape index (κ3) is 4.34. The van der Waals surface area contributed by atoms with E-state index < -0.39 is 0 Å². The van der Waals surface area contributed by atoms with Gasteiger partial charge in [0.05, 0.1) is 26.9 Å². The number of carbonyl (C=O) groups excluding carboxylic acids is 1. The Morgan fingerprint density at radius 2 is 1.52 bits per heavy atom. The minimum Gasteiger partial charge on any atom is -0.508 e. The molecule has 0 saturated carbocycles. The molecular weight excluding hydrogens is 348 g/mol. The van der Waals surface area contributed by atoms with Crippen LogP contribution in [0.25, 0.3) is 6.08 Å². The van der Waals surface area contributed by atoms with Gasteiger partial charge in [-0.1, -0.05) is 19.9 Å². The number of benzene rings is 2. The molecule has 0 aliphatic heterocycles. The van der Waals surface area contributed by atoms with Crippen LogP contribution in [0.1, 0.15) is 41.3 Å². The van der Waals surface area contributed by atoms with E-state index in [1.807, 2.05) is 13.8 Å². The first-order valence-corrected chi connectivity index (χ1v) is 8.40. The summed E-state index contributed by atoms with van der Waals surface area (Å²) in [5.74, 6) is 0.724. The number of methoxy groups -OCH3 is 3. The Bertz CT molecular complexity index is 842. The van der Waals surface area contributed by atoms with Crippen molar-refractivity contribution >= 4 is 11.9 Å². The van der Waals surface area contributed by atoms with E-state index in [0.717, 1.165) is 0 Å². The van der Waals surface area contributed by atoms with Crippen LogP contribution in [0.5, 0.6) is 28.7 Å². The summed E-state index contributed by atoms with van der Waals surface area (Å²) in [6.45, 7) is 3.79. The number of carbonyl (C=O) groups is 1. The largest absolute Gasteiger partial charge is 0.508 e. The summed E-state index contributed by atoms with van der Waals surface area (Å²) >= 11 is 0. The molecule has 6 nitrogen and oxygen atoms in total. The molecule has 0 aliphatic rings. The van der Waals surface area contributed by atoms with Crippen LogP contribution in [0, 0.1) is 0 Å². The molecule has 0 bridgehead atoms. The van der Waals surface area contributed by atoms with Crippen LogP contribution in [-0.4, -0.2) is 37.3 Å². The molecular formula is C21H24O6. The van der Waals surface area contributed by atoms with E-state index in [2.05, 4.69) is 0 Å². The lowest BCUT2D eigenvalue weighted by Gasteiger charge is -2.13. The first-order valence-electron chi connectivity index (χ1n) is 8.40. The van der Waals surface area contributed by atoms with Gasteiger partial charge >= 0.3 is 0 Å². The van der Waals surface area contributed by atoms with Crippen LogP contribution in [0.15, 0.2) is 30.3 Å². The summed E-state index contributed by atoms with van der Waals surface area (Å²) in [7, 11) is 4.54. The van der Waals surface area contributed by atoms with Crippen LogP contribution in [-0.2, 0) is 0 Å². The van der Waals surface area contributed by atoms with E-state index in [9.17, 15) is 15.0 Å². The van der Waals surface area contributed by atoms with E-state index in [0.29, 0.717) is 28.4 Å². The van der Waals surface area contributed by atoms with E-state index in [-0.39, 0.29) is 28.8 Å². The molecule has 0 spiro atoms. The molecule has 0 heterocycles. The Morgan fingerprint density at radius 1 is 0.926 bits per heavy atom. The zero-order chi connectivity index (χ0) is 20.1. The number of allylic oxidation sites excluding steroid dienone is 1. The maximum atomic E-state index is 12.5. The van der Waals surface area contributed by atoms with Crippen molar-refractivity contribution in [2.24, 2.45) is 0 Å². The fourth-order valence-corrected chi connectivity index (χ4v) is 2.71. The van der Waals surface area contributed by atoms with Gasteiger partial charge in [-0.05, 0) is 41.3 Å². The summed E-state index contributed by atoms with van der Waals surface area (Å²) < 4.78 is 15.9. The van der Waals surface area contributed by atoms with Gasteiger partial charge in [0.15, 0.2) is 17.3 Å². The Morgan fingerprint density at radius 3 is 2.00 bits per heavy atom. The SMILES string of the molecule is COc1cc(/C=C/C(=O)c2cc(C(C)C)c(O)cc2O)cc(OC)c1OC. The quantitative estimate of drug-likeness (QED) is 0.561. The maximum absolute atomic E-state index is 12.5. The van der Waals surface area contributed by atoms with Crippen molar-refractivity contribution in [3.8, 4) is 28.7 Å². The minimum absolute atomic E-state index is 0.0104. The molecule has 0 amide bonds. The maximum Gasteiger partial charge on any atom is 0.203 e. The second-order valence-electron chi connectivity index (χ2n) is 6.24. The van der Waals surface area contributed by atoms with Crippen LogP contribution in [0.3, 0.4) is 0 Å². The highest BCUT2D eigenvalue weighted by molar-refractivity contribution is 6.08. The molecule has 0 fully saturated rings. The van der Waals surface area contributed by atoms with E-state index in [4.69, 9.17) is 14.2 Å². The molecule has 2 N–H and O–H groups in total. The molecule has 27 heavy (non-hydrogen) atoms. The van der Waals surface area contributed by atoms with Gasteiger partial charge in [-0.2, -0.15) is 0 Å². The van der Waals surface area contributed by atoms with Crippen molar-refractivity contribution in [3.63, 3.8) is 0 Å². The number of aromatic hydroxyl groups is 2. The molecule has 0 unspecified atom stereocenters. The highest BCUT2D eigenvalue weighted by atomic mass is 16.5. The first kappa shape index (κ1) is 20.2. The van der Waals surface area contributed by atoms with Gasteiger partial charge in [-0.15, -0.1) is 0 Å². The van der Waals surface area contributed by atoms with Crippen molar-refractivity contribution < 1.29 is 29.2 Å².